The van der Waals surface area contributed by atoms with Gasteiger partial charge < -0.3 is 9.84 Å². The normalized spacial score (nSPS) is 10.9. The summed E-state index contributed by atoms with van der Waals surface area (Å²) in [7, 11) is 0. The molecule has 0 aliphatic rings. The van der Waals surface area contributed by atoms with Crippen molar-refractivity contribution in [3.8, 4) is 11.4 Å². The molecular formula is C14H16FN3O3. The van der Waals surface area contributed by atoms with Crippen LogP contribution in [0.4, 0.5) is 4.39 Å². The highest BCUT2D eigenvalue weighted by molar-refractivity contribution is 5.86. The fourth-order valence-corrected chi connectivity index (χ4v) is 2.04. The van der Waals surface area contributed by atoms with E-state index in [1.54, 1.807) is 13.0 Å². The zero-order valence-electron chi connectivity index (χ0n) is 12.0. The number of carboxylic acid groups (broad SMARTS) is 1. The molecule has 0 atom stereocenters. The summed E-state index contributed by atoms with van der Waals surface area (Å²) in [6.45, 7) is 5.78. The highest BCUT2D eigenvalue weighted by Gasteiger charge is 2.22. The molecule has 0 amide bonds. The first-order valence-corrected chi connectivity index (χ1v) is 6.57. The molecule has 0 bridgehead atoms. The van der Waals surface area contributed by atoms with Gasteiger partial charge in [0.1, 0.15) is 0 Å². The second-order valence-corrected chi connectivity index (χ2v) is 4.74. The summed E-state index contributed by atoms with van der Waals surface area (Å²) in [6.07, 6.45) is 0. The molecule has 7 heteroatoms. The van der Waals surface area contributed by atoms with Crippen LogP contribution >= 0.6 is 0 Å². The molecule has 0 radical (unpaired) electrons. The van der Waals surface area contributed by atoms with Crippen molar-refractivity contribution in [3.63, 3.8) is 0 Å². The van der Waals surface area contributed by atoms with Crippen molar-refractivity contribution in [2.24, 2.45) is 0 Å². The predicted molar refractivity (Wildman–Crippen MR) is 73.5 cm³/mol. The molecule has 0 aliphatic heterocycles. The number of carbonyl (C=O) groups is 1. The van der Waals surface area contributed by atoms with Crippen LogP contribution < -0.4 is 4.74 Å². The van der Waals surface area contributed by atoms with Crippen LogP contribution in [0.25, 0.3) is 5.69 Å². The van der Waals surface area contributed by atoms with Crippen LogP contribution in [-0.2, 0) is 0 Å². The summed E-state index contributed by atoms with van der Waals surface area (Å²) >= 11 is 0. The lowest BCUT2D eigenvalue weighted by Gasteiger charge is -2.11. The Kier molecular flexibility index (Phi) is 4.21. The van der Waals surface area contributed by atoms with Crippen LogP contribution in [-0.4, -0.2) is 32.7 Å². The van der Waals surface area contributed by atoms with E-state index in [2.05, 4.69) is 10.3 Å². The number of nitrogens with zero attached hydrogens (tertiary/aromatic N) is 3. The van der Waals surface area contributed by atoms with Gasteiger partial charge in [-0.2, -0.15) is 0 Å². The smallest absolute Gasteiger partial charge is 0.358 e. The Morgan fingerprint density at radius 3 is 2.71 bits per heavy atom. The van der Waals surface area contributed by atoms with Gasteiger partial charge in [-0.1, -0.05) is 19.1 Å². The third kappa shape index (κ3) is 2.86. The number of hydrogen-bond acceptors (Lipinski definition) is 4. The SMILES string of the molecule is CCOc1ccc(-n2nnc(C(=O)O)c2C(C)C)cc1F. The number of carboxylic acids is 1. The molecule has 0 fully saturated rings. The van der Waals surface area contributed by atoms with Crippen molar-refractivity contribution < 1.29 is 19.0 Å². The number of aromatic nitrogens is 3. The largest absolute Gasteiger partial charge is 0.491 e. The standard InChI is InChI=1S/C14H16FN3O3/c1-4-21-11-6-5-9(7-10(11)15)18-13(8(2)3)12(14(19)20)16-17-18/h5-8H,4H2,1-3H3,(H,19,20). The maximum Gasteiger partial charge on any atom is 0.358 e. The Bertz CT molecular complexity index is 667. The Labute approximate surface area is 121 Å². The monoisotopic (exact) mass is 293 g/mol. The minimum absolute atomic E-state index is 0.124. The molecule has 2 rings (SSSR count). The van der Waals surface area contributed by atoms with E-state index in [-0.39, 0.29) is 17.4 Å². The molecule has 6 nitrogen and oxygen atoms in total. The molecule has 0 unspecified atom stereocenters. The number of hydrogen-bond donors (Lipinski definition) is 1. The lowest BCUT2D eigenvalue weighted by molar-refractivity contribution is 0.0688. The number of rotatable bonds is 5. The first-order chi connectivity index (χ1) is 9.95. The number of aromatic carboxylic acids is 1. The minimum Gasteiger partial charge on any atom is -0.491 e. The van der Waals surface area contributed by atoms with Gasteiger partial charge in [-0.3, -0.25) is 0 Å². The average Bonchev–Trinajstić information content (AvgIpc) is 2.86. The van der Waals surface area contributed by atoms with E-state index in [1.165, 1.54) is 16.8 Å². The first-order valence-electron chi connectivity index (χ1n) is 6.57. The van der Waals surface area contributed by atoms with Crippen LogP contribution in [0.3, 0.4) is 0 Å². The fourth-order valence-electron chi connectivity index (χ4n) is 2.04. The van der Waals surface area contributed by atoms with Crippen molar-refractivity contribution in [2.45, 2.75) is 26.7 Å². The van der Waals surface area contributed by atoms with Gasteiger partial charge in [0.2, 0.25) is 0 Å². The Morgan fingerprint density at radius 2 is 2.19 bits per heavy atom. The Balaban J connectivity index is 2.52. The summed E-state index contributed by atoms with van der Waals surface area (Å²) in [5, 5.41) is 16.6. The van der Waals surface area contributed by atoms with Crippen LogP contribution in [0, 0.1) is 5.82 Å². The van der Waals surface area contributed by atoms with Crippen LogP contribution in [0.2, 0.25) is 0 Å². The van der Waals surface area contributed by atoms with Gasteiger partial charge in [0, 0.05) is 6.07 Å². The second-order valence-electron chi connectivity index (χ2n) is 4.74. The van der Waals surface area contributed by atoms with E-state index >= 15 is 0 Å². The van der Waals surface area contributed by atoms with Gasteiger partial charge >= 0.3 is 5.97 Å². The first kappa shape index (κ1) is 15.0. The van der Waals surface area contributed by atoms with Crippen LogP contribution in [0.15, 0.2) is 18.2 Å². The highest BCUT2D eigenvalue weighted by atomic mass is 19.1. The number of ether oxygens (including phenoxy) is 1. The lowest BCUT2D eigenvalue weighted by atomic mass is 10.1. The maximum atomic E-state index is 13.9. The van der Waals surface area contributed by atoms with E-state index in [0.29, 0.717) is 18.0 Å². The van der Waals surface area contributed by atoms with Crippen molar-refractivity contribution >= 4 is 5.97 Å². The topological polar surface area (TPSA) is 77.2 Å². The Morgan fingerprint density at radius 1 is 1.48 bits per heavy atom. The molecule has 0 aliphatic carbocycles. The van der Waals surface area contributed by atoms with Crippen molar-refractivity contribution in [2.75, 3.05) is 6.61 Å². The van der Waals surface area contributed by atoms with Gasteiger partial charge in [-0.25, -0.2) is 13.9 Å². The molecule has 1 heterocycles. The molecule has 0 saturated heterocycles. The number of benzene rings is 1. The van der Waals surface area contributed by atoms with E-state index in [9.17, 15) is 9.18 Å². The summed E-state index contributed by atoms with van der Waals surface area (Å²) < 4.78 is 20.4. The molecule has 1 aromatic carbocycles. The zero-order valence-corrected chi connectivity index (χ0v) is 12.0. The molecule has 0 saturated carbocycles. The molecule has 0 spiro atoms. The summed E-state index contributed by atoms with van der Waals surface area (Å²) in [4.78, 5) is 11.2. The third-order valence-corrected chi connectivity index (χ3v) is 2.91. The molecule has 112 valence electrons. The van der Waals surface area contributed by atoms with Crippen molar-refractivity contribution in [1.29, 1.82) is 0 Å². The molecular weight excluding hydrogens is 277 g/mol. The molecule has 21 heavy (non-hydrogen) atoms. The molecule has 1 aromatic heterocycles. The van der Waals surface area contributed by atoms with E-state index < -0.39 is 11.8 Å². The Hall–Kier alpha value is -2.44. The third-order valence-electron chi connectivity index (χ3n) is 2.91. The average molecular weight is 293 g/mol. The van der Waals surface area contributed by atoms with E-state index in [1.807, 2.05) is 13.8 Å². The second kappa shape index (κ2) is 5.90. The number of halogens is 1. The lowest BCUT2D eigenvalue weighted by Crippen LogP contribution is -2.09. The van der Waals surface area contributed by atoms with Crippen LogP contribution in [0.1, 0.15) is 42.9 Å². The summed E-state index contributed by atoms with van der Waals surface area (Å²) in [5.41, 5.74) is 0.699. The maximum absolute atomic E-state index is 13.9. The van der Waals surface area contributed by atoms with Gasteiger partial charge in [-0.15, -0.1) is 5.10 Å². The minimum atomic E-state index is -1.16. The van der Waals surface area contributed by atoms with Crippen molar-refractivity contribution in [3.05, 3.63) is 35.4 Å². The van der Waals surface area contributed by atoms with Gasteiger partial charge in [0.05, 0.1) is 18.0 Å². The van der Waals surface area contributed by atoms with Gasteiger partial charge in [0.15, 0.2) is 17.3 Å². The van der Waals surface area contributed by atoms with E-state index in [0.717, 1.165) is 0 Å². The fraction of sp³-hybridized carbons (Fsp3) is 0.357. The van der Waals surface area contributed by atoms with Crippen LogP contribution in [0.5, 0.6) is 5.75 Å². The van der Waals surface area contributed by atoms with Gasteiger partial charge in [0.25, 0.3) is 0 Å². The molecule has 2 aromatic rings. The highest BCUT2D eigenvalue weighted by Crippen LogP contribution is 2.25. The molecule has 1 N–H and O–H groups in total. The zero-order chi connectivity index (χ0) is 15.6. The van der Waals surface area contributed by atoms with Gasteiger partial charge in [-0.05, 0) is 25.0 Å². The summed E-state index contributed by atoms with van der Waals surface area (Å²) in [6, 6.07) is 4.35. The van der Waals surface area contributed by atoms with E-state index in [4.69, 9.17) is 9.84 Å². The quantitative estimate of drug-likeness (QED) is 0.917. The summed E-state index contributed by atoms with van der Waals surface area (Å²) in [5.74, 6) is -1.67. The predicted octanol–water partition coefficient (Wildman–Crippen LogP) is 2.63. The van der Waals surface area contributed by atoms with Crippen molar-refractivity contribution in [1.82, 2.24) is 15.0 Å².